The first-order chi connectivity index (χ1) is 6.33. The smallest absolute Gasteiger partial charge is 0.000771 e. The van der Waals surface area contributed by atoms with Gasteiger partial charge in [0.05, 0.1) is 0 Å². The molecule has 0 unspecified atom stereocenters. The predicted octanol–water partition coefficient (Wildman–Crippen LogP) is 2.91. The number of rotatable bonds is 7. The maximum atomic E-state index is 3.60. The molecule has 1 N–H and O–H groups in total. The molecule has 0 aromatic rings. The van der Waals surface area contributed by atoms with E-state index in [0.29, 0.717) is 5.41 Å². The molecule has 0 saturated heterocycles. The average Bonchev–Trinajstić information content (AvgIpc) is 2.09. The Labute approximate surface area is 87.1 Å². The first-order valence-electron chi connectivity index (χ1n) is 5.53. The van der Waals surface area contributed by atoms with E-state index >= 15 is 0 Å². The Balaban J connectivity index is 1.98. The van der Waals surface area contributed by atoms with Gasteiger partial charge in [0, 0.05) is 6.54 Å². The van der Waals surface area contributed by atoms with E-state index in [1.807, 2.05) is 11.8 Å². The van der Waals surface area contributed by atoms with E-state index in [4.69, 9.17) is 0 Å². The summed E-state index contributed by atoms with van der Waals surface area (Å²) in [6, 6.07) is 0. The van der Waals surface area contributed by atoms with Crippen molar-refractivity contribution in [2.45, 2.75) is 39.0 Å². The second kappa shape index (κ2) is 5.92. The van der Waals surface area contributed by atoms with Crippen LogP contribution in [0.25, 0.3) is 0 Å². The maximum absolute atomic E-state index is 3.60. The molecule has 0 bridgehead atoms. The highest BCUT2D eigenvalue weighted by Crippen LogP contribution is 2.42. The fourth-order valence-electron chi connectivity index (χ4n) is 2.03. The third kappa shape index (κ3) is 3.51. The molecule has 0 amide bonds. The monoisotopic (exact) mass is 201 g/mol. The van der Waals surface area contributed by atoms with Gasteiger partial charge < -0.3 is 5.32 Å². The lowest BCUT2D eigenvalue weighted by molar-refractivity contribution is 0.124. The molecule has 1 aliphatic rings. The molecule has 0 aliphatic heterocycles. The average molecular weight is 201 g/mol. The minimum atomic E-state index is 0.694. The lowest BCUT2D eigenvalue weighted by Gasteiger charge is -2.41. The van der Waals surface area contributed by atoms with Crippen LogP contribution in [-0.2, 0) is 0 Å². The zero-order valence-electron chi connectivity index (χ0n) is 9.07. The van der Waals surface area contributed by atoms with Crippen molar-refractivity contribution in [3.63, 3.8) is 0 Å². The van der Waals surface area contributed by atoms with Gasteiger partial charge >= 0.3 is 0 Å². The normalized spacial score (nSPS) is 19.8. The van der Waals surface area contributed by atoms with Crippen molar-refractivity contribution in [2.24, 2.45) is 5.41 Å². The molecule has 1 rings (SSSR count). The molecule has 2 heteroatoms. The van der Waals surface area contributed by atoms with Crippen LogP contribution in [0.15, 0.2) is 0 Å². The topological polar surface area (TPSA) is 12.0 Å². The Morgan fingerprint density at radius 2 is 2.15 bits per heavy atom. The Kier molecular flexibility index (Phi) is 5.18. The van der Waals surface area contributed by atoms with Crippen LogP contribution >= 0.6 is 11.8 Å². The van der Waals surface area contributed by atoms with Gasteiger partial charge in [-0.15, -0.1) is 0 Å². The lowest BCUT2D eigenvalue weighted by Crippen LogP contribution is -2.39. The van der Waals surface area contributed by atoms with Gasteiger partial charge in [0.15, 0.2) is 0 Å². The van der Waals surface area contributed by atoms with Gasteiger partial charge in [-0.05, 0) is 49.7 Å². The quantitative estimate of drug-likeness (QED) is 0.636. The predicted molar refractivity (Wildman–Crippen MR) is 62.4 cm³/mol. The molecule has 0 atom stereocenters. The van der Waals surface area contributed by atoms with E-state index in [1.165, 1.54) is 50.9 Å². The summed E-state index contributed by atoms with van der Waals surface area (Å²) in [5.41, 5.74) is 0.694. The van der Waals surface area contributed by atoms with Crippen LogP contribution in [0.3, 0.4) is 0 Å². The molecule has 13 heavy (non-hydrogen) atoms. The molecule has 1 saturated carbocycles. The lowest BCUT2D eigenvalue weighted by atomic mass is 9.67. The minimum absolute atomic E-state index is 0.694. The van der Waals surface area contributed by atoms with Gasteiger partial charge in [0.25, 0.3) is 0 Å². The molecule has 0 aromatic carbocycles. The Bertz CT molecular complexity index is 127. The number of nitrogens with one attached hydrogen (secondary N) is 1. The van der Waals surface area contributed by atoms with Crippen LogP contribution in [0.4, 0.5) is 0 Å². The second-order valence-electron chi connectivity index (χ2n) is 4.23. The zero-order valence-corrected chi connectivity index (χ0v) is 9.88. The fraction of sp³-hybridized carbons (Fsp3) is 1.00. The largest absolute Gasteiger partial charge is 0.316 e. The molecule has 0 heterocycles. The summed E-state index contributed by atoms with van der Waals surface area (Å²) in [5.74, 6) is 1.30. The van der Waals surface area contributed by atoms with Crippen LogP contribution in [0.2, 0.25) is 0 Å². The van der Waals surface area contributed by atoms with Gasteiger partial charge in [-0.3, -0.25) is 0 Å². The zero-order chi connectivity index (χ0) is 9.57. The molecule has 1 nitrogen and oxygen atoms in total. The second-order valence-corrected chi connectivity index (χ2v) is 5.22. The first-order valence-corrected chi connectivity index (χ1v) is 6.92. The number of hydrogen-bond acceptors (Lipinski definition) is 2. The molecular formula is C11H23NS. The highest BCUT2D eigenvalue weighted by atomic mass is 32.2. The maximum Gasteiger partial charge on any atom is 0.000771 e. The molecule has 1 aliphatic carbocycles. The van der Waals surface area contributed by atoms with Crippen molar-refractivity contribution in [3.8, 4) is 0 Å². The number of thioether (sulfide) groups is 1. The van der Waals surface area contributed by atoms with Crippen molar-refractivity contribution in [1.29, 1.82) is 0 Å². The van der Waals surface area contributed by atoms with Gasteiger partial charge in [0.1, 0.15) is 0 Å². The van der Waals surface area contributed by atoms with Crippen molar-refractivity contribution >= 4 is 11.8 Å². The van der Waals surface area contributed by atoms with Gasteiger partial charge in [0.2, 0.25) is 0 Å². The van der Waals surface area contributed by atoms with Crippen molar-refractivity contribution in [1.82, 2.24) is 5.32 Å². The highest BCUT2D eigenvalue weighted by molar-refractivity contribution is 7.98. The van der Waals surface area contributed by atoms with Gasteiger partial charge in [-0.2, -0.15) is 11.8 Å². The van der Waals surface area contributed by atoms with Gasteiger partial charge in [-0.1, -0.05) is 13.3 Å². The summed E-state index contributed by atoms with van der Waals surface area (Å²) in [6.45, 7) is 4.81. The Morgan fingerprint density at radius 3 is 2.62 bits per heavy atom. The fourth-order valence-corrected chi connectivity index (χ4v) is 2.46. The highest BCUT2D eigenvalue weighted by Gasteiger charge is 2.34. The van der Waals surface area contributed by atoms with Crippen molar-refractivity contribution in [3.05, 3.63) is 0 Å². The Hall–Kier alpha value is 0.310. The molecule has 0 spiro atoms. The first kappa shape index (κ1) is 11.4. The molecular weight excluding hydrogens is 178 g/mol. The van der Waals surface area contributed by atoms with E-state index in [-0.39, 0.29) is 0 Å². The van der Waals surface area contributed by atoms with Crippen LogP contribution in [0.1, 0.15) is 39.0 Å². The third-order valence-electron chi connectivity index (χ3n) is 3.37. The summed E-state index contributed by atoms with van der Waals surface area (Å²) in [7, 11) is 0. The van der Waals surface area contributed by atoms with E-state index in [2.05, 4.69) is 18.5 Å². The summed E-state index contributed by atoms with van der Waals surface area (Å²) in [4.78, 5) is 0. The summed E-state index contributed by atoms with van der Waals surface area (Å²) in [5, 5.41) is 3.60. The van der Waals surface area contributed by atoms with Crippen molar-refractivity contribution < 1.29 is 0 Å². The minimum Gasteiger partial charge on any atom is -0.316 e. The SMILES string of the molecule is CCC1(CNCCCSC)CCC1. The number of hydrogen-bond donors (Lipinski definition) is 1. The van der Waals surface area contributed by atoms with E-state index < -0.39 is 0 Å². The van der Waals surface area contributed by atoms with Crippen molar-refractivity contribution in [2.75, 3.05) is 25.1 Å². The van der Waals surface area contributed by atoms with E-state index in [1.54, 1.807) is 0 Å². The summed E-state index contributed by atoms with van der Waals surface area (Å²) < 4.78 is 0. The third-order valence-corrected chi connectivity index (χ3v) is 4.06. The van der Waals surface area contributed by atoms with Crippen LogP contribution < -0.4 is 5.32 Å². The molecule has 78 valence electrons. The van der Waals surface area contributed by atoms with Crippen LogP contribution in [0, 0.1) is 5.41 Å². The van der Waals surface area contributed by atoms with E-state index in [0.717, 1.165) is 0 Å². The Morgan fingerprint density at radius 1 is 1.38 bits per heavy atom. The summed E-state index contributed by atoms with van der Waals surface area (Å²) >= 11 is 1.95. The van der Waals surface area contributed by atoms with Crippen LogP contribution in [-0.4, -0.2) is 25.1 Å². The standard InChI is InChI=1S/C11H23NS/c1-3-11(6-4-7-11)10-12-8-5-9-13-2/h12H,3-10H2,1-2H3. The molecule has 0 radical (unpaired) electrons. The molecule has 1 fully saturated rings. The van der Waals surface area contributed by atoms with Crippen LogP contribution in [0.5, 0.6) is 0 Å². The molecule has 0 aromatic heterocycles. The van der Waals surface area contributed by atoms with Gasteiger partial charge in [-0.25, -0.2) is 0 Å². The summed E-state index contributed by atoms with van der Waals surface area (Å²) in [6.07, 6.45) is 9.24. The van der Waals surface area contributed by atoms with E-state index in [9.17, 15) is 0 Å².